The van der Waals surface area contributed by atoms with Crippen molar-refractivity contribution in [3.8, 4) is 0 Å². The van der Waals surface area contributed by atoms with Gasteiger partial charge in [0, 0.05) is 16.1 Å². The number of benzene rings is 3. The first-order valence-corrected chi connectivity index (χ1v) is 8.93. The summed E-state index contributed by atoms with van der Waals surface area (Å²) in [5.41, 5.74) is 7.29. The second kappa shape index (κ2) is 7.61. The highest BCUT2D eigenvalue weighted by Crippen LogP contribution is 2.27. The molecule has 0 spiro atoms. The van der Waals surface area contributed by atoms with E-state index in [0.29, 0.717) is 17.5 Å². The molecule has 1 heterocycles. The summed E-state index contributed by atoms with van der Waals surface area (Å²) < 4.78 is 0. The predicted octanol–water partition coefficient (Wildman–Crippen LogP) is 4.06. The predicted molar refractivity (Wildman–Crippen MR) is 110 cm³/mol. The average Bonchev–Trinajstić information content (AvgIpc) is 2.86. The van der Waals surface area contributed by atoms with Crippen LogP contribution in [0.4, 0.5) is 5.69 Å². The summed E-state index contributed by atoms with van der Waals surface area (Å²) in [7, 11) is 0. The van der Waals surface area contributed by atoms with E-state index < -0.39 is 0 Å². The van der Waals surface area contributed by atoms with Gasteiger partial charge in [-0.1, -0.05) is 72.3 Å². The van der Waals surface area contributed by atoms with E-state index in [-0.39, 0.29) is 0 Å². The van der Waals surface area contributed by atoms with Crippen molar-refractivity contribution in [1.29, 1.82) is 0 Å². The standard InChI is InChI=1S/C21H18ClN5/c22-17-12-10-16(11-13-17)20-18-8-4-5-9-19(18)24-21(25-23)27(26-20)14-15-6-2-1-3-7-15/h1-13H,14,23H2,(H,24,25). The SMILES string of the molecule is NNC1=Nc2ccccc2C(c2ccc(Cl)cc2)=NN1Cc1ccccc1. The van der Waals surface area contributed by atoms with E-state index in [0.717, 1.165) is 28.1 Å². The lowest BCUT2D eigenvalue weighted by molar-refractivity contribution is 0.424. The normalized spacial score (nSPS) is 13.3. The van der Waals surface area contributed by atoms with Crippen LogP contribution in [0.2, 0.25) is 5.02 Å². The summed E-state index contributed by atoms with van der Waals surface area (Å²) in [6, 6.07) is 25.6. The Morgan fingerprint density at radius 2 is 1.59 bits per heavy atom. The van der Waals surface area contributed by atoms with Crippen LogP contribution in [0.1, 0.15) is 16.7 Å². The smallest absolute Gasteiger partial charge is 0.234 e. The van der Waals surface area contributed by atoms with Crippen LogP contribution < -0.4 is 11.3 Å². The Bertz CT molecular complexity index is 997. The molecule has 5 nitrogen and oxygen atoms in total. The van der Waals surface area contributed by atoms with Gasteiger partial charge < -0.3 is 0 Å². The number of hydrogen-bond donors (Lipinski definition) is 2. The van der Waals surface area contributed by atoms with Gasteiger partial charge in [-0.15, -0.1) is 0 Å². The first-order chi connectivity index (χ1) is 13.2. The summed E-state index contributed by atoms with van der Waals surface area (Å²) in [4.78, 5) is 4.69. The van der Waals surface area contributed by atoms with E-state index in [1.54, 1.807) is 5.01 Å². The van der Waals surface area contributed by atoms with Crippen molar-refractivity contribution in [2.45, 2.75) is 6.54 Å². The van der Waals surface area contributed by atoms with Crippen LogP contribution >= 0.6 is 11.6 Å². The van der Waals surface area contributed by atoms with Crippen LogP contribution in [0.3, 0.4) is 0 Å². The molecule has 27 heavy (non-hydrogen) atoms. The molecule has 1 aliphatic rings. The van der Waals surface area contributed by atoms with Gasteiger partial charge in [0.15, 0.2) is 0 Å². The zero-order chi connectivity index (χ0) is 18.6. The maximum Gasteiger partial charge on any atom is 0.234 e. The third-order valence-corrected chi connectivity index (χ3v) is 4.52. The quantitative estimate of drug-likeness (QED) is 0.536. The number of guanidine groups is 1. The molecule has 4 rings (SSSR count). The lowest BCUT2D eigenvalue weighted by Crippen LogP contribution is -2.41. The summed E-state index contributed by atoms with van der Waals surface area (Å²) in [5.74, 6) is 6.25. The average molecular weight is 376 g/mol. The monoisotopic (exact) mass is 375 g/mol. The van der Waals surface area contributed by atoms with E-state index in [1.165, 1.54) is 0 Å². The van der Waals surface area contributed by atoms with Crippen LogP contribution in [-0.4, -0.2) is 16.7 Å². The zero-order valence-corrected chi connectivity index (χ0v) is 15.3. The van der Waals surface area contributed by atoms with Crippen LogP contribution in [0, 0.1) is 0 Å². The van der Waals surface area contributed by atoms with Gasteiger partial charge in [-0.3, -0.25) is 5.43 Å². The summed E-state index contributed by atoms with van der Waals surface area (Å²) in [6.07, 6.45) is 0. The number of halogens is 1. The molecule has 0 aromatic heterocycles. The number of hydrazone groups is 1. The van der Waals surface area contributed by atoms with Crippen molar-refractivity contribution < 1.29 is 0 Å². The highest BCUT2D eigenvalue weighted by Gasteiger charge is 2.21. The number of fused-ring (bicyclic) bond motifs is 1. The van der Waals surface area contributed by atoms with Gasteiger partial charge in [0.1, 0.15) is 5.71 Å². The zero-order valence-electron chi connectivity index (χ0n) is 14.5. The van der Waals surface area contributed by atoms with Gasteiger partial charge in [0.25, 0.3) is 0 Å². The number of aliphatic imine (C=N–C) groups is 1. The van der Waals surface area contributed by atoms with E-state index in [9.17, 15) is 0 Å². The van der Waals surface area contributed by atoms with E-state index >= 15 is 0 Å². The lowest BCUT2D eigenvalue weighted by Gasteiger charge is -2.20. The van der Waals surface area contributed by atoms with Crippen molar-refractivity contribution in [2.75, 3.05) is 0 Å². The molecule has 3 N–H and O–H groups in total. The lowest BCUT2D eigenvalue weighted by atomic mass is 10.0. The number of hydrazine groups is 1. The van der Waals surface area contributed by atoms with Gasteiger partial charge >= 0.3 is 0 Å². The van der Waals surface area contributed by atoms with Crippen LogP contribution in [0.5, 0.6) is 0 Å². The van der Waals surface area contributed by atoms with Crippen LogP contribution in [0.25, 0.3) is 0 Å². The van der Waals surface area contributed by atoms with Gasteiger partial charge in [-0.25, -0.2) is 15.8 Å². The molecule has 1 aliphatic heterocycles. The molecular weight excluding hydrogens is 358 g/mol. The Labute approximate surface area is 162 Å². The second-order valence-electron chi connectivity index (χ2n) is 6.10. The fourth-order valence-corrected chi connectivity index (χ4v) is 3.09. The minimum absolute atomic E-state index is 0.482. The summed E-state index contributed by atoms with van der Waals surface area (Å²) >= 11 is 6.07. The van der Waals surface area contributed by atoms with Crippen LogP contribution in [0.15, 0.2) is 89.0 Å². The molecule has 0 unspecified atom stereocenters. The first-order valence-electron chi connectivity index (χ1n) is 8.55. The molecule has 0 saturated heterocycles. The first kappa shape index (κ1) is 17.3. The highest BCUT2D eigenvalue weighted by atomic mass is 35.5. The Morgan fingerprint density at radius 3 is 2.33 bits per heavy atom. The Hall–Kier alpha value is -3.15. The molecule has 0 aliphatic carbocycles. The molecule has 0 saturated carbocycles. The molecule has 0 atom stereocenters. The molecular formula is C21H18ClN5. The topological polar surface area (TPSA) is 66.0 Å². The number of rotatable bonds is 3. The Morgan fingerprint density at radius 1 is 0.889 bits per heavy atom. The number of nitrogens with zero attached hydrogens (tertiary/aromatic N) is 3. The van der Waals surface area contributed by atoms with Gasteiger partial charge in [-0.05, 0) is 23.8 Å². The van der Waals surface area contributed by atoms with Gasteiger partial charge in [0.05, 0.1) is 12.2 Å². The number of nitrogens with one attached hydrogen (secondary N) is 1. The number of nitrogens with two attached hydrogens (primary N) is 1. The van der Waals surface area contributed by atoms with Gasteiger partial charge in [0.2, 0.25) is 5.96 Å². The van der Waals surface area contributed by atoms with Crippen molar-refractivity contribution in [3.05, 3.63) is 101 Å². The Balaban J connectivity index is 1.85. The third-order valence-electron chi connectivity index (χ3n) is 4.27. The maximum absolute atomic E-state index is 6.07. The van der Waals surface area contributed by atoms with Crippen LogP contribution in [-0.2, 0) is 6.54 Å². The Kier molecular flexibility index (Phi) is 4.87. The van der Waals surface area contributed by atoms with E-state index in [4.69, 9.17) is 27.5 Å². The van der Waals surface area contributed by atoms with Crippen molar-refractivity contribution in [1.82, 2.24) is 10.4 Å². The second-order valence-corrected chi connectivity index (χ2v) is 6.53. The van der Waals surface area contributed by atoms with Crippen molar-refractivity contribution in [3.63, 3.8) is 0 Å². The largest absolute Gasteiger partial charge is 0.293 e. The number of hydrogen-bond acceptors (Lipinski definition) is 5. The summed E-state index contributed by atoms with van der Waals surface area (Å²) in [5, 5.41) is 7.36. The van der Waals surface area contributed by atoms with E-state index in [1.807, 2.05) is 78.9 Å². The van der Waals surface area contributed by atoms with Crippen molar-refractivity contribution >= 4 is 29.0 Å². The molecule has 134 valence electrons. The fraction of sp³-hybridized carbons (Fsp3) is 0.0476. The minimum atomic E-state index is 0.482. The maximum atomic E-state index is 6.07. The third kappa shape index (κ3) is 3.69. The molecule has 0 radical (unpaired) electrons. The molecule has 0 fully saturated rings. The molecule has 0 bridgehead atoms. The van der Waals surface area contributed by atoms with Gasteiger partial charge in [-0.2, -0.15) is 5.10 Å². The summed E-state index contributed by atoms with van der Waals surface area (Å²) in [6.45, 7) is 0.537. The van der Waals surface area contributed by atoms with E-state index in [2.05, 4.69) is 5.43 Å². The molecule has 6 heteroatoms. The highest BCUT2D eigenvalue weighted by molar-refractivity contribution is 6.30. The number of para-hydroxylation sites is 1. The van der Waals surface area contributed by atoms with Crippen molar-refractivity contribution in [2.24, 2.45) is 15.9 Å². The fourth-order valence-electron chi connectivity index (χ4n) is 2.96. The molecule has 0 amide bonds. The minimum Gasteiger partial charge on any atom is -0.293 e. The molecule has 3 aromatic carbocycles. The molecule has 3 aromatic rings.